The summed E-state index contributed by atoms with van der Waals surface area (Å²) >= 11 is 0. The molecule has 0 bridgehead atoms. The normalized spacial score (nSPS) is 16.6. The van der Waals surface area contributed by atoms with E-state index in [-0.39, 0.29) is 4.90 Å². The van der Waals surface area contributed by atoms with E-state index in [0.29, 0.717) is 24.2 Å². The van der Waals surface area contributed by atoms with E-state index in [0.717, 1.165) is 19.3 Å². The Balaban J connectivity index is 2.00. The SMILES string of the molecule is O=S(=O)(NN1CCCCC1)S(=O)(=O)c1ccccc1-c1ccccc1. The monoisotopic (exact) mass is 380 g/mol. The first-order chi connectivity index (χ1) is 11.9. The molecule has 0 spiro atoms. The van der Waals surface area contributed by atoms with Gasteiger partial charge in [0.1, 0.15) is 0 Å². The van der Waals surface area contributed by atoms with Gasteiger partial charge in [-0.25, -0.2) is 13.4 Å². The molecule has 3 rings (SSSR count). The highest BCUT2D eigenvalue weighted by atomic mass is 33.2. The van der Waals surface area contributed by atoms with Gasteiger partial charge in [-0.2, -0.15) is 8.42 Å². The maximum absolute atomic E-state index is 12.8. The van der Waals surface area contributed by atoms with Gasteiger partial charge in [-0.1, -0.05) is 55.0 Å². The summed E-state index contributed by atoms with van der Waals surface area (Å²) in [6.07, 6.45) is 2.69. The van der Waals surface area contributed by atoms with Crippen molar-refractivity contribution in [2.45, 2.75) is 24.2 Å². The van der Waals surface area contributed by atoms with Crippen LogP contribution < -0.4 is 4.83 Å². The fourth-order valence-electron chi connectivity index (χ4n) is 2.85. The van der Waals surface area contributed by atoms with Crippen molar-refractivity contribution in [1.82, 2.24) is 9.84 Å². The first-order valence-electron chi connectivity index (χ1n) is 8.09. The molecule has 1 N–H and O–H groups in total. The van der Waals surface area contributed by atoms with Gasteiger partial charge in [0.25, 0.3) is 8.87 Å². The molecule has 0 aromatic heterocycles. The van der Waals surface area contributed by atoms with Crippen LogP contribution in [0.15, 0.2) is 59.5 Å². The third-order valence-electron chi connectivity index (χ3n) is 4.13. The van der Waals surface area contributed by atoms with Gasteiger partial charge < -0.3 is 0 Å². The van der Waals surface area contributed by atoms with E-state index in [4.69, 9.17) is 0 Å². The van der Waals surface area contributed by atoms with Crippen molar-refractivity contribution in [2.75, 3.05) is 13.1 Å². The molecule has 1 heterocycles. The van der Waals surface area contributed by atoms with Crippen molar-refractivity contribution in [1.29, 1.82) is 0 Å². The maximum Gasteiger partial charge on any atom is 0.334 e. The van der Waals surface area contributed by atoms with Gasteiger partial charge >= 0.3 is 9.06 Å². The summed E-state index contributed by atoms with van der Waals surface area (Å²) in [5.41, 5.74) is 1.02. The highest BCUT2D eigenvalue weighted by Gasteiger charge is 2.35. The number of hydrogen-bond acceptors (Lipinski definition) is 5. The Bertz CT molecular complexity index is 936. The van der Waals surface area contributed by atoms with Crippen molar-refractivity contribution in [3.8, 4) is 11.1 Å². The van der Waals surface area contributed by atoms with Crippen LogP contribution in [0.1, 0.15) is 19.3 Å². The van der Waals surface area contributed by atoms with Crippen molar-refractivity contribution in [3.05, 3.63) is 54.6 Å². The van der Waals surface area contributed by atoms with E-state index in [1.165, 1.54) is 17.1 Å². The van der Waals surface area contributed by atoms with Crippen LogP contribution in [0.25, 0.3) is 11.1 Å². The summed E-state index contributed by atoms with van der Waals surface area (Å²) in [7, 11) is -9.19. The third kappa shape index (κ3) is 3.77. The lowest BCUT2D eigenvalue weighted by molar-refractivity contribution is 0.201. The van der Waals surface area contributed by atoms with Gasteiger partial charge in [-0.15, -0.1) is 4.83 Å². The summed E-state index contributed by atoms with van der Waals surface area (Å²) < 4.78 is 50.8. The Morgan fingerprint density at radius 3 is 2.04 bits per heavy atom. The van der Waals surface area contributed by atoms with E-state index in [1.807, 2.05) is 6.07 Å². The molecule has 1 aliphatic rings. The molecule has 1 aliphatic heterocycles. The lowest BCUT2D eigenvalue weighted by atomic mass is 10.1. The molecule has 134 valence electrons. The van der Waals surface area contributed by atoms with Crippen LogP contribution in [0.2, 0.25) is 0 Å². The predicted molar refractivity (Wildman–Crippen MR) is 96.5 cm³/mol. The van der Waals surface area contributed by atoms with Crippen molar-refractivity contribution >= 4 is 17.9 Å². The molecule has 0 radical (unpaired) electrons. The largest absolute Gasteiger partial charge is 0.334 e. The van der Waals surface area contributed by atoms with E-state index >= 15 is 0 Å². The molecule has 8 heteroatoms. The van der Waals surface area contributed by atoms with Crippen LogP contribution in [0, 0.1) is 0 Å². The number of hydrogen-bond donors (Lipinski definition) is 1. The highest BCUT2D eigenvalue weighted by molar-refractivity contribution is 8.66. The Morgan fingerprint density at radius 1 is 0.760 bits per heavy atom. The van der Waals surface area contributed by atoms with Crippen molar-refractivity contribution < 1.29 is 16.8 Å². The Labute approximate surface area is 147 Å². The summed E-state index contributed by atoms with van der Waals surface area (Å²) in [4.78, 5) is 2.01. The molecule has 0 unspecified atom stereocenters. The van der Waals surface area contributed by atoms with Gasteiger partial charge in [-0.05, 0) is 24.5 Å². The topological polar surface area (TPSA) is 83.6 Å². The van der Waals surface area contributed by atoms with E-state index in [9.17, 15) is 16.8 Å². The third-order valence-corrected chi connectivity index (χ3v) is 8.58. The molecule has 1 saturated heterocycles. The quantitative estimate of drug-likeness (QED) is 0.805. The molecule has 0 atom stereocenters. The molecule has 2 aromatic carbocycles. The maximum atomic E-state index is 12.8. The summed E-state index contributed by atoms with van der Waals surface area (Å²) in [6.45, 7) is 1.02. The van der Waals surface area contributed by atoms with Crippen molar-refractivity contribution in [2.24, 2.45) is 0 Å². The minimum Gasteiger partial charge on any atom is -0.230 e. The Hall–Kier alpha value is -1.74. The second-order valence-corrected chi connectivity index (χ2v) is 11.0. The fraction of sp³-hybridized carbons (Fsp3) is 0.294. The van der Waals surface area contributed by atoms with Gasteiger partial charge in [0.15, 0.2) is 0 Å². The van der Waals surface area contributed by atoms with Gasteiger partial charge in [0.05, 0.1) is 4.90 Å². The smallest absolute Gasteiger partial charge is 0.230 e. The zero-order valence-corrected chi connectivity index (χ0v) is 15.3. The summed E-state index contributed by atoms with van der Waals surface area (Å²) in [5, 5.41) is 1.46. The number of rotatable bonds is 5. The van der Waals surface area contributed by atoms with Crippen LogP contribution in [0.3, 0.4) is 0 Å². The van der Waals surface area contributed by atoms with Crippen LogP contribution in [-0.4, -0.2) is 34.9 Å². The first kappa shape index (κ1) is 18.1. The highest BCUT2D eigenvalue weighted by Crippen LogP contribution is 2.29. The average Bonchev–Trinajstić information content (AvgIpc) is 2.63. The molecule has 6 nitrogen and oxygen atoms in total. The minimum atomic E-state index is -4.60. The number of nitrogens with zero attached hydrogens (tertiary/aromatic N) is 1. The van der Waals surface area contributed by atoms with Crippen LogP contribution in [-0.2, 0) is 17.9 Å². The standard InChI is InChI=1S/C17H20N2O4S2/c20-24(21,25(22,23)18-19-13-7-2-8-14-19)17-12-6-5-11-16(17)15-9-3-1-4-10-15/h1,3-6,9-12,18H,2,7-8,13-14H2. The number of nitrogens with one attached hydrogen (secondary N) is 1. The minimum absolute atomic E-state index is 0.217. The van der Waals surface area contributed by atoms with E-state index in [1.54, 1.807) is 36.4 Å². The molecular weight excluding hydrogens is 360 g/mol. The first-order valence-corrected chi connectivity index (χ1v) is 11.6. The zero-order valence-electron chi connectivity index (χ0n) is 13.6. The van der Waals surface area contributed by atoms with Gasteiger partial charge in [0.2, 0.25) is 0 Å². The Kier molecular flexibility index (Phi) is 5.24. The fourth-order valence-corrected chi connectivity index (χ4v) is 6.14. The van der Waals surface area contributed by atoms with E-state index in [2.05, 4.69) is 4.83 Å². The van der Waals surface area contributed by atoms with Gasteiger partial charge in [0, 0.05) is 18.7 Å². The van der Waals surface area contributed by atoms with E-state index < -0.39 is 17.9 Å². The summed E-state index contributed by atoms with van der Waals surface area (Å²) in [5.74, 6) is 0. The van der Waals surface area contributed by atoms with Gasteiger partial charge in [-0.3, -0.25) is 0 Å². The van der Waals surface area contributed by atoms with Crippen LogP contribution in [0.4, 0.5) is 0 Å². The average molecular weight is 380 g/mol. The molecule has 25 heavy (non-hydrogen) atoms. The summed E-state index contributed by atoms with van der Waals surface area (Å²) in [6, 6.07) is 15.0. The Morgan fingerprint density at radius 2 is 1.36 bits per heavy atom. The zero-order chi connectivity index (χ0) is 17.9. The predicted octanol–water partition coefficient (Wildman–Crippen LogP) is 2.36. The molecule has 1 fully saturated rings. The van der Waals surface area contributed by atoms with Crippen molar-refractivity contribution in [3.63, 3.8) is 0 Å². The molecule has 2 aromatic rings. The molecular formula is C17H20N2O4S2. The lowest BCUT2D eigenvalue weighted by Crippen LogP contribution is -2.47. The van der Waals surface area contributed by atoms with Crippen LogP contribution in [0.5, 0.6) is 0 Å². The number of hydrazine groups is 1. The molecule has 0 amide bonds. The second kappa shape index (κ2) is 7.25. The molecule has 0 aliphatic carbocycles. The molecule has 0 saturated carbocycles. The number of benzene rings is 2. The number of piperidine rings is 1. The van der Waals surface area contributed by atoms with Crippen LogP contribution >= 0.6 is 0 Å². The lowest BCUT2D eigenvalue weighted by Gasteiger charge is -2.26. The second-order valence-electron chi connectivity index (χ2n) is 5.91.